The van der Waals surface area contributed by atoms with Crippen LogP contribution in [0.2, 0.25) is 0 Å². The van der Waals surface area contributed by atoms with Crippen molar-refractivity contribution in [1.29, 1.82) is 0 Å². The predicted octanol–water partition coefficient (Wildman–Crippen LogP) is 1.22. The lowest BCUT2D eigenvalue weighted by molar-refractivity contribution is 0.196. The second-order valence-corrected chi connectivity index (χ2v) is 4.14. The fourth-order valence-electron chi connectivity index (χ4n) is 1.78. The van der Waals surface area contributed by atoms with Crippen molar-refractivity contribution in [3.8, 4) is 0 Å². The highest BCUT2D eigenvalue weighted by atomic mass is 16.5. The molecule has 0 aliphatic heterocycles. The lowest BCUT2D eigenvalue weighted by Crippen LogP contribution is -2.26. The first-order chi connectivity index (χ1) is 8.72. The zero-order chi connectivity index (χ0) is 13.0. The molecule has 0 saturated heterocycles. The Bertz CT molecular complexity index is 580. The van der Waals surface area contributed by atoms with Crippen LogP contribution in [-0.2, 0) is 4.74 Å². The van der Waals surface area contributed by atoms with E-state index in [1.807, 2.05) is 25.1 Å². The van der Waals surface area contributed by atoms with Gasteiger partial charge in [-0.2, -0.15) is 0 Å². The summed E-state index contributed by atoms with van der Waals surface area (Å²) in [5.41, 5.74) is 0.618. The summed E-state index contributed by atoms with van der Waals surface area (Å²) in [5, 5.41) is 3.85. The standard InChI is InChI=1S/C13H17N3O2/c1-9(14-7-8-18-2)12-15-11-6-4-3-5-10(11)13(17)16-12/h3-6,9,14H,7-8H2,1-2H3,(H,15,16,17)/t9-/m0/s1. The molecule has 5 heteroatoms. The second kappa shape index (κ2) is 5.75. The van der Waals surface area contributed by atoms with E-state index < -0.39 is 0 Å². The van der Waals surface area contributed by atoms with Crippen molar-refractivity contribution in [2.45, 2.75) is 13.0 Å². The van der Waals surface area contributed by atoms with E-state index in [1.54, 1.807) is 13.2 Å². The number of para-hydroxylation sites is 1. The average molecular weight is 247 g/mol. The minimum Gasteiger partial charge on any atom is -0.383 e. The van der Waals surface area contributed by atoms with Crippen molar-refractivity contribution >= 4 is 10.9 Å². The highest BCUT2D eigenvalue weighted by molar-refractivity contribution is 5.77. The summed E-state index contributed by atoms with van der Waals surface area (Å²) in [4.78, 5) is 19.1. The van der Waals surface area contributed by atoms with Crippen molar-refractivity contribution < 1.29 is 4.74 Å². The van der Waals surface area contributed by atoms with Crippen molar-refractivity contribution in [3.63, 3.8) is 0 Å². The van der Waals surface area contributed by atoms with E-state index >= 15 is 0 Å². The lowest BCUT2D eigenvalue weighted by Gasteiger charge is -2.13. The van der Waals surface area contributed by atoms with Crippen LogP contribution in [0.3, 0.4) is 0 Å². The summed E-state index contributed by atoms with van der Waals surface area (Å²) < 4.78 is 4.97. The fourth-order valence-corrected chi connectivity index (χ4v) is 1.78. The maximum atomic E-state index is 11.9. The average Bonchev–Trinajstić information content (AvgIpc) is 2.39. The molecule has 0 saturated carbocycles. The van der Waals surface area contributed by atoms with Gasteiger partial charge in [-0.1, -0.05) is 12.1 Å². The van der Waals surface area contributed by atoms with Crippen LogP contribution in [0.25, 0.3) is 10.9 Å². The van der Waals surface area contributed by atoms with Crippen LogP contribution < -0.4 is 10.9 Å². The lowest BCUT2D eigenvalue weighted by atomic mass is 10.2. The summed E-state index contributed by atoms with van der Waals surface area (Å²) in [5.74, 6) is 0.648. The van der Waals surface area contributed by atoms with Gasteiger partial charge < -0.3 is 15.0 Å². The Hall–Kier alpha value is -1.72. The van der Waals surface area contributed by atoms with Crippen LogP contribution in [0.1, 0.15) is 18.8 Å². The molecular weight excluding hydrogens is 230 g/mol. The van der Waals surface area contributed by atoms with Crippen molar-refractivity contribution in [2.24, 2.45) is 0 Å². The number of hydrogen-bond acceptors (Lipinski definition) is 4. The largest absolute Gasteiger partial charge is 0.383 e. The summed E-state index contributed by atoms with van der Waals surface area (Å²) in [6, 6.07) is 7.31. The van der Waals surface area contributed by atoms with E-state index in [0.29, 0.717) is 24.4 Å². The van der Waals surface area contributed by atoms with Gasteiger partial charge in [-0.05, 0) is 19.1 Å². The Kier molecular flexibility index (Phi) is 4.07. The number of aromatic nitrogens is 2. The molecule has 2 rings (SSSR count). The Balaban J connectivity index is 2.26. The van der Waals surface area contributed by atoms with Gasteiger partial charge in [-0.3, -0.25) is 4.79 Å². The third kappa shape index (κ3) is 2.75. The Morgan fingerprint density at radius 3 is 3.00 bits per heavy atom. The molecule has 0 aliphatic rings. The minimum atomic E-state index is -0.101. The van der Waals surface area contributed by atoms with Gasteiger partial charge >= 0.3 is 0 Å². The molecule has 0 bridgehead atoms. The number of fused-ring (bicyclic) bond motifs is 1. The summed E-state index contributed by atoms with van der Waals surface area (Å²) in [6.45, 7) is 3.30. The van der Waals surface area contributed by atoms with Gasteiger partial charge in [0.1, 0.15) is 5.82 Å². The van der Waals surface area contributed by atoms with Gasteiger partial charge in [-0.15, -0.1) is 0 Å². The number of hydrogen-bond donors (Lipinski definition) is 2. The summed E-state index contributed by atoms with van der Waals surface area (Å²) in [6.07, 6.45) is 0. The number of benzene rings is 1. The molecule has 0 aliphatic carbocycles. The first-order valence-electron chi connectivity index (χ1n) is 5.93. The third-order valence-corrected chi connectivity index (χ3v) is 2.80. The van der Waals surface area contributed by atoms with Crippen LogP contribution in [0, 0.1) is 0 Å². The smallest absolute Gasteiger partial charge is 0.258 e. The Morgan fingerprint density at radius 1 is 1.44 bits per heavy atom. The topological polar surface area (TPSA) is 67.0 Å². The molecule has 2 aromatic rings. The maximum Gasteiger partial charge on any atom is 0.258 e. The molecule has 1 aromatic heterocycles. The van der Waals surface area contributed by atoms with Crippen molar-refractivity contribution in [2.75, 3.05) is 20.3 Å². The van der Waals surface area contributed by atoms with Gasteiger partial charge in [0.25, 0.3) is 5.56 Å². The predicted molar refractivity (Wildman–Crippen MR) is 70.7 cm³/mol. The number of aromatic amines is 1. The number of nitrogens with one attached hydrogen (secondary N) is 2. The van der Waals surface area contributed by atoms with Gasteiger partial charge in [0, 0.05) is 13.7 Å². The van der Waals surface area contributed by atoms with Crippen molar-refractivity contribution in [1.82, 2.24) is 15.3 Å². The zero-order valence-corrected chi connectivity index (χ0v) is 10.6. The van der Waals surface area contributed by atoms with Crippen LogP contribution >= 0.6 is 0 Å². The normalized spacial score (nSPS) is 12.8. The van der Waals surface area contributed by atoms with Gasteiger partial charge in [0.05, 0.1) is 23.6 Å². The molecule has 1 aromatic carbocycles. The minimum absolute atomic E-state index is 0.0162. The molecule has 0 fully saturated rings. The molecule has 1 atom stereocenters. The number of rotatable bonds is 5. The quantitative estimate of drug-likeness (QED) is 0.780. The monoisotopic (exact) mass is 247 g/mol. The van der Waals surface area contributed by atoms with Crippen LogP contribution in [0.4, 0.5) is 0 Å². The molecule has 0 radical (unpaired) electrons. The molecule has 96 valence electrons. The van der Waals surface area contributed by atoms with E-state index in [1.165, 1.54) is 0 Å². The summed E-state index contributed by atoms with van der Waals surface area (Å²) >= 11 is 0. The Labute approximate surface area is 105 Å². The zero-order valence-electron chi connectivity index (χ0n) is 10.6. The number of H-pyrrole nitrogens is 1. The second-order valence-electron chi connectivity index (χ2n) is 4.14. The molecule has 18 heavy (non-hydrogen) atoms. The third-order valence-electron chi connectivity index (χ3n) is 2.80. The molecule has 5 nitrogen and oxygen atoms in total. The van der Waals surface area contributed by atoms with Crippen molar-refractivity contribution in [3.05, 3.63) is 40.4 Å². The van der Waals surface area contributed by atoms with Crippen LogP contribution in [0.5, 0.6) is 0 Å². The van der Waals surface area contributed by atoms with Gasteiger partial charge in [-0.25, -0.2) is 4.98 Å². The SMILES string of the molecule is COCCN[C@@H](C)c1nc2ccccc2c(=O)[nH]1. The molecule has 1 heterocycles. The van der Waals surface area contributed by atoms with E-state index in [-0.39, 0.29) is 11.6 Å². The van der Waals surface area contributed by atoms with E-state index in [4.69, 9.17) is 4.74 Å². The van der Waals surface area contributed by atoms with Crippen LogP contribution in [0.15, 0.2) is 29.1 Å². The first-order valence-corrected chi connectivity index (χ1v) is 5.93. The summed E-state index contributed by atoms with van der Waals surface area (Å²) in [7, 11) is 1.66. The van der Waals surface area contributed by atoms with E-state index in [2.05, 4.69) is 15.3 Å². The number of methoxy groups -OCH3 is 1. The van der Waals surface area contributed by atoms with Gasteiger partial charge in [0.2, 0.25) is 0 Å². The number of nitrogens with zero attached hydrogens (tertiary/aromatic N) is 1. The first kappa shape index (κ1) is 12.7. The van der Waals surface area contributed by atoms with Gasteiger partial charge in [0.15, 0.2) is 0 Å². The number of ether oxygens (including phenoxy) is 1. The molecule has 0 spiro atoms. The molecular formula is C13H17N3O2. The Morgan fingerprint density at radius 2 is 2.22 bits per heavy atom. The highest BCUT2D eigenvalue weighted by Crippen LogP contribution is 2.10. The van der Waals surface area contributed by atoms with E-state index in [9.17, 15) is 4.79 Å². The molecule has 2 N–H and O–H groups in total. The van der Waals surface area contributed by atoms with E-state index in [0.717, 1.165) is 5.52 Å². The fraction of sp³-hybridized carbons (Fsp3) is 0.385. The van der Waals surface area contributed by atoms with Crippen LogP contribution in [-0.4, -0.2) is 30.2 Å². The maximum absolute atomic E-state index is 11.9. The molecule has 0 unspecified atom stereocenters. The molecule has 0 amide bonds. The highest BCUT2D eigenvalue weighted by Gasteiger charge is 2.09.